The highest BCUT2D eigenvalue weighted by Gasteiger charge is 2.06. The Labute approximate surface area is 71.5 Å². The Morgan fingerprint density at radius 2 is 2.33 bits per heavy atom. The summed E-state index contributed by atoms with van der Waals surface area (Å²) in [6.45, 7) is 2.91. The molecule has 0 amide bonds. The Kier molecular flexibility index (Phi) is 6.32. The van der Waals surface area contributed by atoms with Gasteiger partial charge in [-0.15, -0.1) is 6.58 Å². The zero-order valence-electron chi connectivity index (χ0n) is 6.90. The van der Waals surface area contributed by atoms with Crippen LogP contribution in [0.2, 0.25) is 0 Å². The number of hydrogen-bond donors (Lipinski definition) is 2. The highest BCUT2D eigenvalue weighted by atomic mass is 16.5. The maximum Gasteiger partial charge on any atom is 0.306 e. The summed E-state index contributed by atoms with van der Waals surface area (Å²) in [4.78, 5) is 10.8. The van der Waals surface area contributed by atoms with Crippen molar-refractivity contribution in [1.82, 2.24) is 0 Å². The number of allylic oxidation sites excluding steroid dienone is 1. The fourth-order valence-electron chi connectivity index (χ4n) is 0.534. The average Bonchev–Trinajstić information content (AvgIpc) is 2.10. The number of aliphatic hydroxyl groups excluding tert-OH is 2. The molecule has 0 aliphatic rings. The molecule has 70 valence electrons. The summed E-state index contributed by atoms with van der Waals surface area (Å²) >= 11 is 0. The molecular weight excluding hydrogens is 160 g/mol. The van der Waals surface area contributed by atoms with Gasteiger partial charge in [0.15, 0.2) is 0 Å². The van der Waals surface area contributed by atoms with Crippen molar-refractivity contribution in [2.24, 2.45) is 0 Å². The van der Waals surface area contributed by atoms with E-state index in [0.29, 0.717) is 6.42 Å². The van der Waals surface area contributed by atoms with Crippen LogP contribution < -0.4 is 0 Å². The lowest BCUT2D eigenvalue weighted by atomic mass is 10.3. The highest BCUT2D eigenvalue weighted by Crippen LogP contribution is 1.94. The van der Waals surface area contributed by atoms with E-state index in [4.69, 9.17) is 10.2 Å². The van der Waals surface area contributed by atoms with Gasteiger partial charge in [0, 0.05) is 6.42 Å². The van der Waals surface area contributed by atoms with Gasteiger partial charge in [0.1, 0.15) is 12.7 Å². The standard InChI is InChI=1S/C8H14O4/c1-2-3-4-8(11)12-6-7(10)5-9/h2,7,9-10H,1,3-6H2. The smallest absolute Gasteiger partial charge is 0.306 e. The van der Waals surface area contributed by atoms with E-state index in [1.807, 2.05) is 0 Å². The Bertz CT molecular complexity index is 144. The van der Waals surface area contributed by atoms with Gasteiger partial charge in [-0.2, -0.15) is 0 Å². The number of rotatable bonds is 6. The molecule has 0 spiro atoms. The fourth-order valence-corrected chi connectivity index (χ4v) is 0.534. The molecule has 0 aliphatic heterocycles. The molecule has 1 atom stereocenters. The van der Waals surface area contributed by atoms with Crippen molar-refractivity contribution < 1.29 is 19.7 Å². The van der Waals surface area contributed by atoms with Gasteiger partial charge in [0.05, 0.1) is 6.61 Å². The van der Waals surface area contributed by atoms with Crippen LogP contribution in [0.5, 0.6) is 0 Å². The van der Waals surface area contributed by atoms with E-state index in [1.165, 1.54) is 0 Å². The summed E-state index contributed by atoms with van der Waals surface area (Å²) in [5.74, 6) is -0.387. The van der Waals surface area contributed by atoms with E-state index < -0.39 is 12.7 Å². The molecule has 0 fully saturated rings. The van der Waals surface area contributed by atoms with Crippen molar-refractivity contribution in [3.63, 3.8) is 0 Å². The normalized spacial score (nSPS) is 12.2. The predicted octanol–water partition coefficient (Wildman–Crippen LogP) is -0.151. The second-order valence-electron chi connectivity index (χ2n) is 2.35. The summed E-state index contributed by atoms with van der Waals surface area (Å²) in [5.41, 5.74) is 0. The summed E-state index contributed by atoms with van der Waals surface area (Å²) in [5, 5.41) is 17.2. The Hall–Kier alpha value is -0.870. The van der Waals surface area contributed by atoms with Gasteiger partial charge in [0.2, 0.25) is 0 Å². The molecule has 1 unspecified atom stereocenters. The van der Waals surface area contributed by atoms with Crippen LogP contribution in [0.25, 0.3) is 0 Å². The molecule has 0 saturated carbocycles. The number of carbonyl (C=O) groups is 1. The maximum atomic E-state index is 10.8. The lowest BCUT2D eigenvalue weighted by molar-refractivity contribution is -0.147. The van der Waals surface area contributed by atoms with Crippen molar-refractivity contribution in [3.05, 3.63) is 12.7 Å². The number of esters is 1. The first-order chi connectivity index (χ1) is 5.70. The van der Waals surface area contributed by atoms with Crippen LogP contribution in [0.3, 0.4) is 0 Å². The zero-order valence-corrected chi connectivity index (χ0v) is 6.90. The third-order valence-corrected chi connectivity index (χ3v) is 1.20. The van der Waals surface area contributed by atoms with Crippen molar-refractivity contribution in [3.8, 4) is 0 Å². The Morgan fingerprint density at radius 1 is 1.67 bits per heavy atom. The van der Waals surface area contributed by atoms with E-state index in [0.717, 1.165) is 0 Å². The van der Waals surface area contributed by atoms with Gasteiger partial charge < -0.3 is 14.9 Å². The van der Waals surface area contributed by atoms with Gasteiger partial charge in [-0.05, 0) is 6.42 Å². The van der Waals surface area contributed by atoms with Crippen molar-refractivity contribution >= 4 is 5.97 Å². The summed E-state index contributed by atoms with van der Waals surface area (Å²) in [6.07, 6.45) is 1.47. The Morgan fingerprint density at radius 3 is 2.83 bits per heavy atom. The van der Waals surface area contributed by atoms with Gasteiger partial charge in [-0.3, -0.25) is 4.79 Å². The molecule has 12 heavy (non-hydrogen) atoms. The quantitative estimate of drug-likeness (QED) is 0.434. The van der Waals surface area contributed by atoms with Crippen LogP contribution in [0.1, 0.15) is 12.8 Å². The van der Waals surface area contributed by atoms with Gasteiger partial charge in [-0.1, -0.05) is 6.08 Å². The van der Waals surface area contributed by atoms with Gasteiger partial charge in [0.25, 0.3) is 0 Å². The molecule has 0 saturated heterocycles. The molecular formula is C8H14O4. The Balaban J connectivity index is 3.36. The topological polar surface area (TPSA) is 66.8 Å². The molecule has 0 heterocycles. The molecule has 0 radical (unpaired) electrons. The van der Waals surface area contributed by atoms with Gasteiger partial charge in [-0.25, -0.2) is 0 Å². The van der Waals surface area contributed by atoms with Crippen LogP contribution >= 0.6 is 0 Å². The first kappa shape index (κ1) is 11.1. The average molecular weight is 174 g/mol. The van der Waals surface area contributed by atoms with Crippen LogP contribution in [-0.4, -0.2) is 35.5 Å². The molecule has 0 aliphatic carbocycles. The van der Waals surface area contributed by atoms with Crippen molar-refractivity contribution in [2.75, 3.05) is 13.2 Å². The summed E-state index contributed by atoms with van der Waals surface area (Å²) < 4.78 is 4.60. The largest absolute Gasteiger partial charge is 0.463 e. The molecule has 0 aromatic carbocycles. The number of aliphatic hydroxyl groups is 2. The molecule has 0 aromatic rings. The highest BCUT2D eigenvalue weighted by molar-refractivity contribution is 5.69. The van der Waals surface area contributed by atoms with Gasteiger partial charge >= 0.3 is 5.97 Å². The fraction of sp³-hybridized carbons (Fsp3) is 0.625. The second kappa shape index (κ2) is 6.82. The third-order valence-electron chi connectivity index (χ3n) is 1.20. The number of carbonyl (C=O) groups excluding carboxylic acids is 1. The minimum absolute atomic E-state index is 0.146. The molecule has 4 heteroatoms. The maximum absolute atomic E-state index is 10.8. The SMILES string of the molecule is C=CCCC(=O)OCC(O)CO. The molecule has 2 N–H and O–H groups in total. The first-order valence-corrected chi connectivity index (χ1v) is 3.76. The molecule has 0 bridgehead atoms. The van der Waals surface area contributed by atoms with Crippen molar-refractivity contribution in [2.45, 2.75) is 18.9 Å². The summed E-state index contributed by atoms with van der Waals surface area (Å²) in [6, 6.07) is 0. The molecule has 4 nitrogen and oxygen atoms in total. The summed E-state index contributed by atoms with van der Waals surface area (Å²) in [7, 11) is 0. The van der Waals surface area contributed by atoms with E-state index in [1.54, 1.807) is 6.08 Å². The van der Waals surface area contributed by atoms with E-state index in [9.17, 15) is 4.79 Å². The number of hydrogen-bond acceptors (Lipinski definition) is 4. The molecule has 0 rings (SSSR count). The van der Waals surface area contributed by atoms with E-state index >= 15 is 0 Å². The third kappa shape index (κ3) is 5.88. The first-order valence-electron chi connectivity index (χ1n) is 3.76. The van der Waals surface area contributed by atoms with Crippen molar-refractivity contribution in [1.29, 1.82) is 0 Å². The minimum atomic E-state index is -0.974. The number of ether oxygens (including phenoxy) is 1. The lowest BCUT2D eigenvalue weighted by Crippen LogP contribution is -2.21. The van der Waals surface area contributed by atoms with E-state index in [-0.39, 0.29) is 19.0 Å². The predicted molar refractivity (Wildman–Crippen MR) is 43.5 cm³/mol. The second-order valence-corrected chi connectivity index (χ2v) is 2.35. The van der Waals surface area contributed by atoms with Crippen LogP contribution in [0.15, 0.2) is 12.7 Å². The van der Waals surface area contributed by atoms with Crippen LogP contribution in [0, 0.1) is 0 Å². The zero-order chi connectivity index (χ0) is 9.40. The van der Waals surface area contributed by atoms with Crippen LogP contribution in [0.4, 0.5) is 0 Å². The molecule has 0 aromatic heterocycles. The lowest BCUT2D eigenvalue weighted by Gasteiger charge is -2.07. The van der Waals surface area contributed by atoms with E-state index in [2.05, 4.69) is 11.3 Å². The van der Waals surface area contributed by atoms with Crippen LogP contribution in [-0.2, 0) is 9.53 Å². The monoisotopic (exact) mass is 174 g/mol. The minimum Gasteiger partial charge on any atom is -0.463 e.